The van der Waals surface area contributed by atoms with Gasteiger partial charge in [0.15, 0.2) is 11.5 Å². The number of ether oxygens (including phenoxy) is 1. The molecule has 5 heterocycles. The van der Waals surface area contributed by atoms with Gasteiger partial charge in [-0.05, 0) is 25.5 Å². The number of hydrogen-bond donors (Lipinski definition) is 0. The van der Waals surface area contributed by atoms with Gasteiger partial charge in [0, 0.05) is 24.0 Å². The molecule has 0 radical (unpaired) electrons. The fourth-order valence-corrected chi connectivity index (χ4v) is 4.74. The molecule has 0 fully saturated rings. The Balaban J connectivity index is 1.51. The molecule has 152 valence electrons. The second-order valence-corrected chi connectivity index (χ2v) is 7.87. The Labute approximate surface area is 173 Å². The molecule has 0 bridgehead atoms. The number of thiophene rings is 1. The molecule has 0 saturated heterocycles. The van der Waals surface area contributed by atoms with E-state index in [1.54, 1.807) is 22.2 Å². The summed E-state index contributed by atoms with van der Waals surface area (Å²) in [5.41, 5.74) is 3.52. The minimum absolute atomic E-state index is 0.0164. The molecule has 30 heavy (non-hydrogen) atoms. The lowest BCUT2D eigenvalue weighted by molar-refractivity contribution is -0.385. The molecular formula is C18H16N8O3S. The summed E-state index contributed by atoms with van der Waals surface area (Å²) in [5, 5.41) is 20.7. The summed E-state index contributed by atoms with van der Waals surface area (Å²) in [6, 6.07) is 2.05. The van der Waals surface area contributed by atoms with Crippen LogP contribution in [0.2, 0.25) is 0 Å². The van der Waals surface area contributed by atoms with Crippen molar-refractivity contribution in [2.24, 2.45) is 0 Å². The van der Waals surface area contributed by atoms with Crippen LogP contribution >= 0.6 is 11.3 Å². The minimum atomic E-state index is -0.521. The molecule has 0 atom stereocenters. The van der Waals surface area contributed by atoms with E-state index in [0.717, 1.165) is 37.3 Å². The highest BCUT2D eigenvalue weighted by molar-refractivity contribution is 7.26. The monoisotopic (exact) mass is 424 g/mol. The molecule has 0 aromatic carbocycles. The second kappa shape index (κ2) is 6.69. The molecule has 0 saturated carbocycles. The van der Waals surface area contributed by atoms with E-state index in [1.165, 1.54) is 18.0 Å². The van der Waals surface area contributed by atoms with E-state index in [0.29, 0.717) is 18.8 Å². The average molecular weight is 424 g/mol. The zero-order valence-corrected chi connectivity index (χ0v) is 17.2. The van der Waals surface area contributed by atoms with E-state index in [4.69, 9.17) is 4.74 Å². The first-order chi connectivity index (χ1) is 14.4. The number of hydrogen-bond acceptors (Lipinski definition) is 9. The summed E-state index contributed by atoms with van der Waals surface area (Å²) in [4.78, 5) is 25.4. The summed E-state index contributed by atoms with van der Waals surface area (Å²) in [7, 11) is 1.35. The lowest BCUT2D eigenvalue weighted by Gasteiger charge is -1.98. The van der Waals surface area contributed by atoms with Crippen LogP contribution in [0.3, 0.4) is 0 Å². The quantitative estimate of drug-likeness (QED) is 0.311. The van der Waals surface area contributed by atoms with Crippen molar-refractivity contribution < 1.29 is 9.66 Å². The highest BCUT2D eigenvalue weighted by atomic mass is 32.1. The largest absolute Gasteiger partial charge is 0.475 e. The van der Waals surface area contributed by atoms with Crippen molar-refractivity contribution in [3.05, 3.63) is 45.8 Å². The lowest BCUT2D eigenvalue weighted by Crippen LogP contribution is -2.03. The number of fused-ring (bicyclic) bond motifs is 5. The minimum Gasteiger partial charge on any atom is -0.475 e. The second-order valence-electron chi connectivity index (χ2n) is 6.88. The summed E-state index contributed by atoms with van der Waals surface area (Å²) < 4.78 is 9.01. The molecule has 0 aliphatic rings. The van der Waals surface area contributed by atoms with Crippen molar-refractivity contribution in [2.45, 2.75) is 26.8 Å². The van der Waals surface area contributed by atoms with E-state index in [2.05, 4.69) is 32.1 Å². The Morgan fingerprint density at radius 1 is 1.27 bits per heavy atom. The maximum absolute atomic E-state index is 11.1. The Hall–Kier alpha value is -3.67. The topological polar surface area (TPSA) is 126 Å². The van der Waals surface area contributed by atoms with Crippen LogP contribution in [0.1, 0.15) is 17.1 Å². The van der Waals surface area contributed by atoms with E-state index in [9.17, 15) is 10.1 Å². The maximum atomic E-state index is 11.1. The molecule has 0 unspecified atom stereocenters. The van der Waals surface area contributed by atoms with Gasteiger partial charge in [0.05, 0.1) is 17.5 Å². The van der Waals surface area contributed by atoms with Crippen LogP contribution in [0.25, 0.3) is 26.1 Å². The molecule has 5 aromatic heterocycles. The van der Waals surface area contributed by atoms with Crippen molar-refractivity contribution in [2.75, 3.05) is 7.11 Å². The van der Waals surface area contributed by atoms with Crippen molar-refractivity contribution >= 4 is 43.1 Å². The number of aryl methyl sites for hydroxylation is 4. The molecule has 12 heteroatoms. The highest BCUT2D eigenvalue weighted by Gasteiger charge is 2.21. The SMILES string of the molecule is COc1nn(CCc2nc3c4sc5nc(C)cc(C)c5c4ncn3n2)cc1[N+](=O)[O-]. The van der Waals surface area contributed by atoms with Gasteiger partial charge in [0.2, 0.25) is 0 Å². The molecule has 0 spiro atoms. The predicted molar refractivity (Wildman–Crippen MR) is 110 cm³/mol. The third kappa shape index (κ3) is 2.84. The number of methoxy groups -OCH3 is 1. The number of nitrogens with zero attached hydrogens (tertiary/aromatic N) is 8. The van der Waals surface area contributed by atoms with Gasteiger partial charge >= 0.3 is 11.6 Å². The van der Waals surface area contributed by atoms with Crippen molar-refractivity contribution in [1.82, 2.24) is 34.3 Å². The van der Waals surface area contributed by atoms with Gasteiger partial charge < -0.3 is 4.74 Å². The normalized spacial score (nSPS) is 11.7. The predicted octanol–water partition coefficient (Wildman–Crippen LogP) is 2.86. The molecule has 0 amide bonds. The standard InChI is InChI=1S/C18H16N8O3S/c1-9-6-10(2)20-18-13(9)14-15(30-18)16-21-12(22-25(16)8-19-14)4-5-24-7-11(26(27)28)17(23-24)29-3/h6-8H,4-5H2,1-3H3. The van der Waals surface area contributed by atoms with Gasteiger partial charge in [0.1, 0.15) is 22.1 Å². The fraction of sp³-hybridized carbons (Fsp3) is 0.278. The Morgan fingerprint density at radius 2 is 2.10 bits per heavy atom. The Kier molecular flexibility index (Phi) is 4.10. The van der Waals surface area contributed by atoms with Crippen LogP contribution in [0.4, 0.5) is 5.69 Å². The van der Waals surface area contributed by atoms with Crippen LogP contribution in [0.15, 0.2) is 18.6 Å². The van der Waals surface area contributed by atoms with Gasteiger partial charge in [-0.3, -0.25) is 14.8 Å². The number of pyridine rings is 1. The van der Waals surface area contributed by atoms with Crippen molar-refractivity contribution in [1.29, 1.82) is 0 Å². The smallest absolute Gasteiger partial charge is 0.350 e. The van der Waals surface area contributed by atoms with Crippen molar-refractivity contribution in [3.63, 3.8) is 0 Å². The molecule has 0 aliphatic heterocycles. The van der Waals surface area contributed by atoms with Gasteiger partial charge in [0.25, 0.3) is 0 Å². The van der Waals surface area contributed by atoms with E-state index >= 15 is 0 Å². The summed E-state index contributed by atoms with van der Waals surface area (Å²) in [6.07, 6.45) is 3.45. The van der Waals surface area contributed by atoms with Crippen LogP contribution in [0, 0.1) is 24.0 Å². The van der Waals surface area contributed by atoms with E-state index in [-0.39, 0.29) is 11.6 Å². The third-order valence-corrected chi connectivity index (χ3v) is 5.87. The third-order valence-electron chi connectivity index (χ3n) is 4.80. The first-order valence-corrected chi connectivity index (χ1v) is 9.93. The van der Waals surface area contributed by atoms with E-state index < -0.39 is 4.92 Å². The first kappa shape index (κ1) is 18.4. The molecular weight excluding hydrogens is 408 g/mol. The molecule has 11 nitrogen and oxygen atoms in total. The Bertz CT molecular complexity index is 1450. The van der Waals surface area contributed by atoms with Crippen LogP contribution in [0.5, 0.6) is 5.88 Å². The molecule has 5 aromatic rings. The van der Waals surface area contributed by atoms with Crippen LogP contribution in [-0.2, 0) is 13.0 Å². The Morgan fingerprint density at radius 3 is 2.83 bits per heavy atom. The first-order valence-electron chi connectivity index (χ1n) is 9.11. The molecule has 0 N–H and O–H groups in total. The fourth-order valence-electron chi connectivity index (χ4n) is 3.51. The zero-order chi connectivity index (χ0) is 21.0. The summed E-state index contributed by atoms with van der Waals surface area (Å²) in [5.74, 6) is 0.581. The van der Waals surface area contributed by atoms with Crippen molar-refractivity contribution in [3.8, 4) is 5.88 Å². The summed E-state index contributed by atoms with van der Waals surface area (Å²) in [6.45, 7) is 4.41. The molecule has 0 aliphatic carbocycles. The average Bonchev–Trinajstić information content (AvgIpc) is 3.39. The van der Waals surface area contributed by atoms with Gasteiger partial charge in [-0.15, -0.1) is 21.5 Å². The number of aromatic nitrogens is 7. The van der Waals surface area contributed by atoms with Crippen LogP contribution < -0.4 is 4.74 Å². The van der Waals surface area contributed by atoms with Gasteiger partial charge in [-0.2, -0.15) is 0 Å². The highest BCUT2D eigenvalue weighted by Crippen LogP contribution is 2.35. The maximum Gasteiger partial charge on any atom is 0.350 e. The number of nitro groups is 1. The summed E-state index contributed by atoms with van der Waals surface area (Å²) >= 11 is 1.55. The van der Waals surface area contributed by atoms with E-state index in [1.807, 2.05) is 13.0 Å². The van der Waals surface area contributed by atoms with Gasteiger partial charge in [-0.1, -0.05) is 0 Å². The zero-order valence-electron chi connectivity index (χ0n) is 16.4. The number of rotatable bonds is 5. The lowest BCUT2D eigenvalue weighted by atomic mass is 10.1. The molecule has 5 rings (SSSR count). The van der Waals surface area contributed by atoms with Gasteiger partial charge in [-0.25, -0.2) is 19.5 Å². The van der Waals surface area contributed by atoms with Crippen LogP contribution in [-0.4, -0.2) is 46.4 Å².